The van der Waals surface area contributed by atoms with E-state index in [9.17, 15) is 9.59 Å². The summed E-state index contributed by atoms with van der Waals surface area (Å²) in [5.41, 5.74) is 0.589. The van der Waals surface area contributed by atoms with E-state index < -0.39 is 0 Å². The van der Waals surface area contributed by atoms with Gasteiger partial charge in [-0.15, -0.1) is 11.3 Å². The average Bonchev–Trinajstić information content (AvgIpc) is 2.83. The van der Waals surface area contributed by atoms with E-state index in [0.717, 1.165) is 10.6 Å². The Morgan fingerprint density at radius 1 is 1.25 bits per heavy atom. The fraction of sp³-hybridized carbons (Fsp3) is 0.333. The van der Waals surface area contributed by atoms with Gasteiger partial charge in [-0.1, -0.05) is 0 Å². The Labute approximate surface area is 122 Å². The van der Waals surface area contributed by atoms with Crippen molar-refractivity contribution >= 4 is 17.2 Å². The van der Waals surface area contributed by atoms with Gasteiger partial charge in [-0.25, -0.2) is 0 Å². The van der Waals surface area contributed by atoms with Crippen molar-refractivity contribution in [1.29, 1.82) is 0 Å². The molecule has 2 heterocycles. The Kier molecular flexibility index (Phi) is 4.09. The first-order chi connectivity index (χ1) is 9.40. The molecule has 0 aliphatic carbocycles. The van der Waals surface area contributed by atoms with Gasteiger partial charge in [-0.05, 0) is 45.0 Å². The minimum Gasteiger partial charge on any atom is -0.334 e. The van der Waals surface area contributed by atoms with Crippen molar-refractivity contribution in [1.82, 2.24) is 9.88 Å². The molecule has 2 rings (SSSR count). The first-order valence-corrected chi connectivity index (χ1v) is 7.25. The minimum atomic E-state index is -0.337. The van der Waals surface area contributed by atoms with Crippen molar-refractivity contribution in [2.24, 2.45) is 0 Å². The summed E-state index contributed by atoms with van der Waals surface area (Å²) in [5.74, 6) is -0.259. The molecule has 0 aliphatic heterocycles. The second kappa shape index (κ2) is 5.63. The quantitative estimate of drug-likeness (QED) is 0.945. The summed E-state index contributed by atoms with van der Waals surface area (Å²) < 4.78 is 0. The molecule has 106 valence electrons. The smallest absolute Gasteiger partial charge is 0.260 e. The van der Waals surface area contributed by atoms with Crippen LogP contribution in [0.1, 0.15) is 38.8 Å². The van der Waals surface area contributed by atoms with E-state index in [-0.39, 0.29) is 23.1 Å². The van der Waals surface area contributed by atoms with Gasteiger partial charge in [-0.2, -0.15) is 0 Å². The number of carbonyl (C=O) groups excluding carboxylic acids is 1. The number of rotatable bonds is 3. The van der Waals surface area contributed by atoms with Gasteiger partial charge in [0.2, 0.25) is 0 Å². The van der Waals surface area contributed by atoms with Crippen LogP contribution in [0, 0.1) is 13.8 Å². The third-order valence-electron chi connectivity index (χ3n) is 3.36. The number of nitrogens with zero attached hydrogens (tertiary/aromatic N) is 1. The summed E-state index contributed by atoms with van der Waals surface area (Å²) >= 11 is 1.66. The van der Waals surface area contributed by atoms with E-state index in [1.807, 2.05) is 26.0 Å². The normalized spacial score (nSPS) is 12.2. The lowest BCUT2D eigenvalue weighted by atomic mass is 10.2. The standard InChI is InChI=1S/C15H18N2O2S/c1-9-5-7-12(14(18)16-9)15(19)17(4)11(3)13-8-6-10(2)20-13/h5-8,11H,1-4H3,(H,16,18). The highest BCUT2D eigenvalue weighted by atomic mass is 32.1. The second-order valence-electron chi connectivity index (χ2n) is 4.92. The fourth-order valence-electron chi connectivity index (χ4n) is 1.98. The molecule has 1 unspecified atom stereocenters. The van der Waals surface area contributed by atoms with Gasteiger partial charge >= 0.3 is 0 Å². The van der Waals surface area contributed by atoms with E-state index in [1.165, 1.54) is 4.88 Å². The molecule has 2 aromatic rings. The summed E-state index contributed by atoms with van der Waals surface area (Å²) in [6, 6.07) is 7.32. The molecule has 0 saturated carbocycles. The van der Waals surface area contributed by atoms with E-state index >= 15 is 0 Å². The lowest BCUT2D eigenvalue weighted by Gasteiger charge is -2.23. The molecule has 20 heavy (non-hydrogen) atoms. The predicted octanol–water partition coefficient (Wildman–Crippen LogP) is 2.89. The van der Waals surface area contributed by atoms with Crippen molar-refractivity contribution < 1.29 is 4.79 Å². The van der Waals surface area contributed by atoms with Gasteiger partial charge in [-0.3, -0.25) is 9.59 Å². The van der Waals surface area contributed by atoms with Gasteiger partial charge in [0.1, 0.15) is 5.56 Å². The fourth-order valence-corrected chi connectivity index (χ4v) is 2.95. The molecule has 4 nitrogen and oxygen atoms in total. The monoisotopic (exact) mass is 290 g/mol. The molecule has 0 fully saturated rings. The van der Waals surface area contributed by atoms with Crippen LogP contribution < -0.4 is 5.56 Å². The van der Waals surface area contributed by atoms with Crippen LogP contribution in [0.15, 0.2) is 29.1 Å². The molecule has 0 radical (unpaired) electrons. The van der Waals surface area contributed by atoms with Crippen molar-refractivity contribution in [3.05, 3.63) is 55.6 Å². The molecule has 1 atom stereocenters. The van der Waals surface area contributed by atoms with E-state index in [4.69, 9.17) is 0 Å². The third kappa shape index (κ3) is 2.82. The highest BCUT2D eigenvalue weighted by Crippen LogP contribution is 2.26. The summed E-state index contributed by atoms with van der Waals surface area (Å²) in [6.07, 6.45) is 0. The van der Waals surface area contributed by atoms with Crippen LogP contribution in [-0.2, 0) is 0 Å². The zero-order valence-electron chi connectivity index (χ0n) is 12.1. The highest BCUT2D eigenvalue weighted by molar-refractivity contribution is 7.12. The number of amides is 1. The average molecular weight is 290 g/mol. The summed E-state index contributed by atoms with van der Waals surface area (Å²) in [6.45, 7) is 5.79. The summed E-state index contributed by atoms with van der Waals surface area (Å²) in [7, 11) is 1.72. The van der Waals surface area contributed by atoms with Crippen LogP contribution in [-0.4, -0.2) is 22.8 Å². The molecule has 0 bridgehead atoms. The maximum absolute atomic E-state index is 12.4. The lowest BCUT2D eigenvalue weighted by Crippen LogP contribution is -2.33. The Morgan fingerprint density at radius 3 is 2.50 bits per heavy atom. The molecular weight excluding hydrogens is 272 g/mol. The lowest BCUT2D eigenvalue weighted by molar-refractivity contribution is 0.0743. The first-order valence-electron chi connectivity index (χ1n) is 6.43. The number of nitrogens with one attached hydrogen (secondary N) is 1. The van der Waals surface area contributed by atoms with Crippen molar-refractivity contribution in [3.63, 3.8) is 0 Å². The van der Waals surface area contributed by atoms with Crippen molar-refractivity contribution in [2.75, 3.05) is 7.05 Å². The Bertz CT molecular complexity index is 687. The molecular formula is C15H18N2O2S. The van der Waals surface area contributed by atoms with E-state index in [0.29, 0.717) is 0 Å². The number of aryl methyl sites for hydroxylation is 2. The number of thiophene rings is 1. The van der Waals surface area contributed by atoms with E-state index in [2.05, 4.69) is 4.98 Å². The van der Waals surface area contributed by atoms with Gasteiger partial charge in [0.25, 0.3) is 11.5 Å². The van der Waals surface area contributed by atoms with Crippen LogP contribution in [0.3, 0.4) is 0 Å². The second-order valence-corrected chi connectivity index (χ2v) is 6.24. The molecule has 5 heteroatoms. The number of hydrogen-bond acceptors (Lipinski definition) is 3. The first kappa shape index (κ1) is 14.5. The van der Waals surface area contributed by atoms with Crippen LogP contribution >= 0.6 is 11.3 Å². The van der Waals surface area contributed by atoms with Gasteiger partial charge in [0.15, 0.2) is 0 Å². The van der Waals surface area contributed by atoms with E-state index in [1.54, 1.807) is 42.3 Å². The number of pyridine rings is 1. The van der Waals surface area contributed by atoms with Crippen LogP contribution in [0.5, 0.6) is 0 Å². The van der Waals surface area contributed by atoms with Gasteiger partial charge in [0.05, 0.1) is 6.04 Å². The molecule has 0 aromatic carbocycles. The Hall–Kier alpha value is -1.88. The zero-order chi connectivity index (χ0) is 14.9. The maximum atomic E-state index is 12.4. The van der Waals surface area contributed by atoms with Gasteiger partial charge in [0, 0.05) is 22.5 Å². The predicted molar refractivity (Wildman–Crippen MR) is 81.4 cm³/mol. The summed E-state index contributed by atoms with van der Waals surface area (Å²) in [5, 5.41) is 0. The SMILES string of the molecule is Cc1ccc(C(=O)N(C)C(C)c2ccc(C)s2)c(=O)[nH]1. The largest absolute Gasteiger partial charge is 0.334 e. The molecule has 0 spiro atoms. The number of hydrogen-bond donors (Lipinski definition) is 1. The zero-order valence-corrected chi connectivity index (χ0v) is 12.9. The van der Waals surface area contributed by atoms with Crippen LogP contribution in [0.4, 0.5) is 0 Å². The van der Waals surface area contributed by atoms with Crippen molar-refractivity contribution in [2.45, 2.75) is 26.8 Å². The molecule has 0 aliphatic rings. The molecule has 1 amide bonds. The van der Waals surface area contributed by atoms with Gasteiger partial charge < -0.3 is 9.88 Å². The minimum absolute atomic E-state index is 0.0538. The molecule has 1 N–H and O–H groups in total. The third-order valence-corrected chi connectivity index (χ3v) is 4.53. The number of aromatic nitrogens is 1. The van der Waals surface area contributed by atoms with Crippen LogP contribution in [0.2, 0.25) is 0 Å². The molecule has 2 aromatic heterocycles. The Morgan fingerprint density at radius 2 is 1.95 bits per heavy atom. The number of carbonyl (C=O) groups is 1. The maximum Gasteiger partial charge on any atom is 0.260 e. The molecule has 0 saturated heterocycles. The van der Waals surface area contributed by atoms with Crippen molar-refractivity contribution in [3.8, 4) is 0 Å². The topological polar surface area (TPSA) is 53.2 Å². The summed E-state index contributed by atoms with van der Waals surface area (Å²) in [4.78, 5) is 30.8. The number of H-pyrrole nitrogens is 1. The number of aromatic amines is 1. The Balaban J connectivity index is 2.26. The van der Waals surface area contributed by atoms with Crippen LogP contribution in [0.25, 0.3) is 0 Å². The highest BCUT2D eigenvalue weighted by Gasteiger charge is 2.22.